The fraction of sp³-hybridized carbons (Fsp3) is 0.312. The van der Waals surface area contributed by atoms with Crippen molar-refractivity contribution in [2.75, 3.05) is 6.61 Å². The second kappa shape index (κ2) is 6.43. The number of hydrogen-bond acceptors (Lipinski definition) is 5. The molecule has 0 spiro atoms. The highest BCUT2D eigenvalue weighted by molar-refractivity contribution is 5.83. The zero-order valence-electron chi connectivity index (χ0n) is 12.4. The Labute approximate surface area is 127 Å². The molecule has 0 aliphatic rings. The summed E-state index contributed by atoms with van der Waals surface area (Å²) in [7, 11) is 0. The lowest BCUT2D eigenvalue weighted by molar-refractivity contribution is -0.384. The highest BCUT2D eigenvalue weighted by atomic mass is 16.6. The quantitative estimate of drug-likeness (QED) is 0.464. The van der Waals surface area contributed by atoms with Gasteiger partial charge < -0.3 is 9.15 Å². The van der Waals surface area contributed by atoms with Crippen molar-refractivity contribution in [3.8, 4) is 0 Å². The summed E-state index contributed by atoms with van der Waals surface area (Å²) in [5, 5.41) is 10.8. The highest BCUT2D eigenvalue weighted by Crippen LogP contribution is 2.31. The van der Waals surface area contributed by atoms with Gasteiger partial charge in [0.15, 0.2) is 0 Å². The number of carbonyl (C=O) groups is 1. The molecule has 6 heteroatoms. The highest BCUT2D eigenvalue weighted by Gasteiger charge is 2.38. The SMILES string of the molecule is CCOC(=O)C(C)(Cc1ccco1)c1ccc([N+](=O)[O-])cc1. The zero-order chi connectivity index (χ0) is 16.2. The topological polar surface area (TPSA) is 82.6 Å². The summed E-state index contributed by atoms with van der Waals surface area (Å²) < 4.78 is 10.5. The van der Waals surface area contributed by atoms with Gasteiger partial charge in [-0.05, 0) is 31.5 Å². The molecule has 1 aromatic heterocycles. The van der Waals surface area contributed by atoms with Crippen LogP contribution in [0.2, 0.25) is 0 Å². The van der Waals surface area contributed by atoms with Crippen LogP contribution < -0.4 is 0 Å². The van der Waals surface area contributed by atoms with Crippen LogP contribution in [0.4, 0.5) is 5.69 Å². The molecule has 2 aromatic rings. The molecule has 1 atom stereocenters. The number of nitro groups is 1. The lowest BCUT2D eigenvalue weighted by atomic mass is 9.78. The van der Waals surface area contributed by atoms with E-state index in [0.717, 1.165) is 0 Å². The van der Waals surface area contributed by atoms with E-state index in [9.17, 15) is 14.9 Å². The summed E-state index contributed by atoms with van der Waals surface area (Å²) in [6.45, 7) is 3.75. The lowest BCUT2D eigenvalue weighted by Crippen LogP contribution is -2.36. The van der Waals surface area contributed by atoms with E-state index in [1.807, 2.05) is 0 Å². The monoisotopic (exact) mass is 303 g/mol. The van der Waals surface area contributed by atoms with Crippen LogP contribution in [0.15, 0.2) is 47.1 Å². The molecule has 0 saturated carbocycles. The van der Waals surface area contributed by atoms with Crippen molar-refractivity contribution < 1.29 is 18.9 Å². The summed E-state index contributed by atoms with van der Waals surface area (Å²) in [6, 6.07) is 9.46. The second-order valence-electron chi connectivity index (χ2n) is 5.11. The van der Waals surface area contributed by atoms with E-state index in [1.54, 1.807) is 38.1 Å². The predicted octanol–water partition coefficient (Wildman–Crippen LogP) is 3.25. The molecule has 1 unspecified atom stereocenters. The third kappa shape index (κ3) is 3.16. The maximum absolute atomic E-state index is 12.4. The number of furan rings is 1. The number of carbonyl (C=O) groups excluding carboxylic acids is 1. The maximum Gasteiger partial charge on any atom is 0.316 e. The molecule has 116 valence electrons. The minimum Gasteiger partial charge on any atom is -0.469 e. The van der Waals surface area contributed by atoms with Gasteiger partial charge in [-0.25, -0.2) is 0 Å². The van der Waals surface area contributed by atoms with Crippen molar-refractivity contribution in [3.63, 3.8) is 0 Å². The third-order valence-electron chi connectivity index (χ3n) is 3.55. The van der Waals surface area contributed by atoms with Crippen LogP contribution in [-0.2, 0) is 21.4 Å². The van der Waals surface area contributed by atoms with E-state index >= 15 is 0 Å². The molecule has 1 aromatic carbocycles. The van der Waals surface area contributed by atoms with Crippen molar-refractivity contribution in [2.24, 2.45) is 0 Å². The van der Waals surface area contributed by atoms with Gasteiger partial charge in [0.05, 0.1) is 23.2 Å². The van der Waals surface area contributed by atoms with Gasteiger partial charge in [-0.2, -0.15) is 0 Å². The molecule has 0 saturated heterocycles. The Kier molecular flexibility index (Phi) is 4.60. The Morgan fingerprint density at radius 1 is 1.32 bits per heavy atom. The number of non-ortho nitro benzene ring substituents is 1. The number of ether oxygens (including phenoxy) is 1. The average molecular weight is 303 g/mol. The van der Waals surface area contributed by atoms with Gasteiger partial charge in [0, 0.05) is 18.6 Å². The van der Waals surface area contributed by atoms with E-state index in [1.165, 1.54) is 18.4 Å². The van der Waals surface area contributed by atoms with Gasteiger partial charge >= 0.3 is 5.97 Å². The van der Waals surface area contributed by atoms with E-state index in [0.29, 0.717) is 17.7 Å². The first-order valence-electron chi connectivity index (χ1n) is 6.92. The predicted molar refractivity (Wildman–Crippen MR) is 79.5 cm³/mol. The molecular formula is C16H17NO5. The molecule has 0 radical (unpaired) electrons. The second-order valence-corrected chi connectivity index (χ2v) is 5.11. The van der Waals surface area contributed by atoms with Crippen molar-refractivity contribution in [3.05, 3.63) is 64.1 Å². The Hall–Kier alpha value is -2.63. The molecular weight excluding hydrogens is 286 g/mol. The minimum absolute atomic E-state index is 0.0204. The van der Waals surface area contributed by atoms with Crippen molar-refractivity contribution in [1.82, 2.24) is 0 Å². The molecule has 0 aliphatic heterocycles. The van der Waals surface area contributed by atoms with Gasteiger partial charge in [-0.3, -0.25) is 14.9 Å². The smallest absolute Gasteiger partial charge is 0.316 e. The van der Waals surface area contributed by atoms with Crippen molar-refractivity contribution in [2.45, 2.75) is 25.7 Å². The standard InChI is InChI=1S/C16H17NO5/c1-3-21-15(18)16(2,11-14-5-4-10-22-14)12-6-8-13(9-7-12)17(19)20/h4-10H,3,11H2,1-2H3. The molecule has 0 fully saturated rings. The molecule has 6 nitrogen and oxygen atoms in total. The molecule has 0 N–H and O–H groups in total. The fourth-order valence-electron chi connectivity index (χ4n) is 2.30. The fourth-order valence-corrected chi connectivity index (χ4v) is 2.30. The van der Waals surface area contributed by atoms with Crippen LogP contribution in [-0.4, -0.2) is 17.5 Å². The number of nitro benzene ring substituents is 1. The van der Waals surface area contributed by atoms with Crippen LogP contribution in [0.25, 0.3) is 0 Å². The Morgan fingerprint density at radius 2 is 2.00 bits per heavy atom. The molecule has 2 rings (SSSR count). The molecule has 1 heterocycles. The van der Waals surface area contributed by atoms with Crippen LogP contribution in [0.3, 0.4) is 0 Å². The van der Waals surface area contributed by atoms with E-state index in [4.69, 9.17) is 9.15 Å². The Morgan fingerprint density at radius 3 is 2.50 bits per heavy atom. The largest absolute Gasteiger partial charge is 0.469 e. The van der Waals surface area contributed by atoms with Gasteiger partial charge in [0.2, 0.25) is 0 Å². The van der Waals surface area contributed by atoms with Crippen molar-refractivity contribution >= 4 is 11.7 Å². The number of nitrogens with zero attached hydrogens (tertiary/aromatic N) is 1. The molecule has 22 heavy (non-hydrogen) atoms. The maximum atomic E-state index is 12.4. The Bertz CT molecular complexity index is 648. The number of hydrogen-bond donors (Lipinski definition) is 0. The number of rotatable bonds is 6. The van der Waals surface area contributed by atoms with Crippen molar-refractivity contribution in [1.29, 1.82) is 0 Å². The minimum atomic E-state index is -0.969. The number of benzene rings is 1. The summed E-state index contributed by atoms with van der Waals surface area (Å²) >= 11 is 0. The van der Waals surface area contributed by atoms with E-state index in [2.05, 4.69) is 0 Å². The first-order chi connectivity index (χ1) is 10.5. The summed E-state index contributed by atoms with van der Waals surface area (Å²) in [5.41, 5.74) is -0.343. The molecule has 0 amide bonds. The normalized spacial score (nSPS) is 13.4. The zero-order valence-corrected chi connectivity index (χ0v) is 12.4. The Balaban J connectivity index is 2.38. The molecule has 0 bridgehead atoms. The van der Waals surface area contributed by atoms with E-state index < -0.39 is 10.3 Å². The first kappa shape index (κ1) is 15.8. The van der Waals surface area contributed by atoms with Crippen LogP contribution in [0, 0.1) is 10.1 Å². The van der Waals surface area contributed by atoms with Crippen LogP contribution >= 0.6 is 0 Å². The summed E-state index contributed by atoms with van der Waals surface area (Å²) in [5.74, 6) is 0.258. The molecule has 0 aliphatic carbocycles. The third-order valence-corrected chi connectivity index (χ3v) is 3.55. The first-order valence-corrected chi connectivity index (χ1v) is 6.92. The summed E-state index contributed by atoms with van der Waals surface area (Å²) in [4.78, 5) is 22.7. The van der Waals surface area contributed by atoms with Crippen LogP contribution in [0.5, 0.6) is 0 Å². The number of esters is 1. The van der Waals surface area contributed by atoms with Crippen LogP contribution in [0.1, 0.15) is 25.2 Å². The van der Waals surface area contributed by atoms with Gasteiger partial charge in [0.1, 0.15) is 5.76 Å². The average Bonchev–Trinajstić information content (AvgIpc) is 3.00. The van der Waals surface area contributed by atoms with Gasteiger partial charge in [-0.15, -0.1) is 0 Å². The van der Waals surface area contributed by atoms with Gasteiger partial charge in [0.25, 0.3) is 5.69 Å². The summed E-state index contributed by atoms with van der Waals surface area (Å²) in [6.07, 6.45) is 1.85. The lowest BCUT2D eigenvalue weighted by Gasteiger charge is -2.26. The van der Waals surface area contributed by atoms with E-state index in [-0.39, 0.29) is 18.3 Å². The van der Waals surface area contributed by atoms with Gasteiger partial charge in [-0.1, -0.05) is 12.1 Å².